The minimum absolute atomic E-state index is 0.243. The van der Waals surface area contributed by atoms with Crippen LogP contribution < -0.4 is 5.32 Å². The zero-order valence-corrected chi connectivity index (χ0v) is 11.8. The number of aryl methyl sites for hydroxylation is 1. The molecule has 1 N–H and O–H groups in total. The monoisotopic (exact) mass is 257 g/mol. The van der Waals surface area contributed by atoms with E-state index in [9.17, 15) is 0 Å². The Kier molecular flexibility index (Phi) is 4.12. The Morgan fingerprint density at radius 1 is 1.11 bits per heavy atom. The third-order valence-corrected chi connectivity index (χ3v) is 3.22. The Bertz CT molecular complexity index is 555. The molecule has 1 atom stereocenters. The standard InChI is InChI=1S/C15H19N3O/c1-10-11(2)17-15(18-14(10)16-3)13(19-4)12-8-6-5-7-9-12/h5-9,13H,1-4H3,(H,16,17,18). The fraction of sp³-hybridized carbons (Fsp3) is 0.333. The van der Waals surface area contributed by atoms with Crippen LogP contribution in [0.5, 0.6) is 0 Å². The molecule has 4 heteroatoms. The number of hydrogen-bond donors (Lipinski definition) is 1. The third-order valence-electron chi connectivity index (χ3n) is 3.22. The van der Waals surface area contributed by atoms with Crippen molar-refractivity contribution in [3.63, 3.8) is 0 Å². The summed E-state index contributed by atoms with van der Waals surface area (Å²) >= 11 is 0. The van der Waals surface area contributed by atoms with E-state index in [0.29, 0.717) is 5.82 Å². The van der Waals surface area contributed by atoms with Gasteiger partial charge in [0.05, 0.1) is 0 Å². The van der Waals surface area contributed by atoms with Crippen LogP contribution in [0.2, 0.25) is 0 Å². The molecule has 0 aliphatic carbocycles. The van der Waals surface area contributed by atoms with Crippen molar-refractivity contribution in [3.8, 4) is 0 Å². The molecule has 0 amide bonds. The second-order valence-corrected chi connectivity index (χ2v) is 4.42. The van der Waals surface area contributed by atoms with Crippen LogP contribution in [0.15, 0.2) is 30.3 Å². The van der Waals surface area contributed by atoms with Crippen molar-refractivity contribution < 1.29 is 4.74 Å². The van der Waals surface area contributed by atoms with Crippen LogP contribution in [0.1, 0.15) is 28.7 Å². The summed E-state index contributed by atoms with van der Waals surface area (Å²) in [4.78, 5) is 9.10. The molecular weight excluding hydrogens is 238 g/mol. The lowest BCUT2D eigenvalue weighted by molar-refractivity contribution is 0.129. The molecule has 0 spiro atoms. The first-order valence-corrected chi connectivity index (χ1v) is 6.28. The number of anilines is 1. The summed E-state index contributed by atoms with van der Waals surface area (Å²) in [5.41, 5.74) is 3.08. The van der Waals surface area contributed by atoms with Crippen molar-refractivity contribution in [2.45, 2.75) is 20.0 Å². The maximum atomic E-state index is 5.56. The van der Waals surface area contributed by atoms with Crippen LogP contribution in [0.3, 0.4) is 0 Å². The number of nitrogens with zero attached hydrogens (tertiary/aromatic N) is 2. The minimum Gasteiger partial charge on any atom is -0.373 e. The Hall–Kier alpha value is -1.94. The Morgan fingerprint density at radius 3 is 2.37 bits per heavy atom. The number of ether oxygens (including phenoxy) is 1. The maximum Gasteiger partial charge on any atom is 0.164 e. The minimum atomic E-state index is -0.243. The number of methoxy groups -OCH3 is 1. The summed E-state index contributed by atoms with van der Waals surface area (Å²) in [6, 6.07) is 10.00. The summed E-state index contributed by atoms with van der Waals surface area (Å²) in [5, 5.41) is 3.10. The second kappa shape index (κ2) is 5.80. The number of rotatable bonds is 4. The van der Waals surface area contributed by atoms with Crippen molar-refractivity contribution in [3.05, 3.63) is 53.0 Å². The van der Waals surface area contributed by atoms with E-state index >= 15 is 0 Å². The summed E-state index contributed by atoms with van der Waals surface area (Å²) in [6.45, 7) is 3.99. The zero-order valence-electron chi connectivity index (χ0n) is 11.8. The summed E-state index contributed by atoms with van der Waals surface area (Å²) in [7, 11) is 3.54. The molecule has 0 aliphatic heterocycles. The van der Waals surface area contributed by atoms with Crippen LogP contribution in [-0.2, 0) is 4.74 Å². The highest BCUT2D eigenvalue weighted by atomic mass is 16.5. The lowest BCUT2D eigenvalue weighted by atomic mass is 10.1. The molecule has 0 fully saturated rings. The lowest BCUT2D eigenvalue weighted by Crippen LogP contribution is -2.12. The van der Waals surface area contributed by atoms with Crippen molar-refractivity contribution >= 4 is 5.82 Å². The van der Waals surface area contributed by atoms with Gasteiger partial charge in [-0.05, 0) is 19.4 Å². The lowest BCUT2D eigenvalue weighted by Gasteiger charge is -2.17. The van der Waals surface area contributed by atoms with E-state index in [2.05, 4.69) is 15.3 Å². The van der Waals surface area contributed by atoms with Crippen LogP contribution in [0.4, 0.5) is 5.82 Å². The van der Waals surface area contributed by atoms with Gasteiger partial charge in [0.2, 0.25) is 0 Å². The molecule has 4 nitrogen and oxygen atoms in total. The molecular formula is C15H19N3O. The van der Waals surface area contributed by atoms with Crippen molar-refractivity contribution in [1.82, 2.24) is 9.97 Å². The van der Waals surface area contributed by atoms with Gasteiger partial charge in [0.15, 0.2) is 5.82 Å². The van der Waals surface area contributed by atoms with Crippen molar-refractivity contribution in [2.75, 3.05) is 19.5 Å². The maximum absolute atomic E-state index is 5.56. The van der Waals surface area contributed by atoms with Gasteiger partial charge in [-0.2, -0.15) is 0 Å². The normalized spacial score (nSPS) is 12.2. The van der Waals surface area contributed by atoms with Crippen LogP contribution in [0.25, 0.3) is 0 Å². The SMILES string of the molecule is CNc1nc(C(OC)c2ccccc2)nc(C)c1C. The summed E-state index contributed by atoms with van der Waals surface area (Å²) in [5.74, 6) is 1.53. The molecule has 19 heavy (non-hydrogen) atoms. The Morgan fingerprint density at radius 2 is 1.79 bits per heavy atom. The first-order chi connectivity index (χ1) is 9.17. The average Bonchev–Trinajstić information content (AvgIpc) is 2.44. The van der Waals surface area contributed by atoms with E-state index in [1.165, 1.54) is 0 Å². The van der Waals surface area contributed by atoms with E-state index in [-0.39, 0.29) is 6.10 Å². The fourth-order valence-electron chi connectivity index (χ4n) is 2.03. The smallest absolute Gasteiger partial charge is 0.164 e. The largest absolute Gasteiger partial charge is 0.373 e. The highest BCUT2D eigenvalue weighted by Crippen LogP contribution is 2.25. The molecule has 0 radical (unpaired) electrons. The van der Waals surface area contributed by atoms with Crippen LogP contribution in [-0.4, -0.2) is 24.1 Å². The molecule has 1 aromatic carbocycles. The zero-order chi connectivity index (χ0) is 13.8. The summed E-state index contributed by atoms with van der Waals surface area (Å²) in [6.07, 6.45) is -0.243. The number of benzene rings is 1. The molecule has 0 bridgehead atoms. The first kappa shape index (κ1) is 13.5. The van der Waals surface area contributed by atoms with Gasteiger partial charge in [-0.25, -0.2) is 9.97 Å². The van der Waals surface area contributed by atoms with E-state index in [4.69, 9.17) is 4.74 Å². The third kappa shape index (κ3) is 2.74. The van der Waals surface area contributed by atoms with E-state index in [1.54, 1.807) is 7.11 Å². The second-order valence-electron chi connectivity index (χ2n) is 4.42. The molecule has 100 valence electrons. The van der Waals surface area contributed by atoms with Gasteiger partial charge in [0, 0.05) is 25.4 Å². The number of hydrogen-bond acceptors (Lipinski definition) is 4. The molecule has 0 saturated carbocycles. The molecule has 0 aliphatic rings. The van der Waals surface area contributed by atoms with Crippen molar-refractivity contribution in [1.29, 1.82) is 0 Å². The average molecular weight is 257 g/mol. The predicted octanol–water partition coefficient (Wildman–Crippen LogP) is 2.87. The number of aromatic nitrogens is 2. The van der Waals surface area contributed by atoms with Crippen molar-refractivity contribution in [2.24, 2.45) is 0 Å². The van der Waals surface area contributed by atoms with E-state index < -0.39 is 0 Å². The highest BCUT2D eigenvalue weighted by Gasteiger charge is 2.18. The number of nitrogens with one attached hydrogen (secondary N) is 1. The van der Waals surface area contributed by atoms with Gasteiger partial charge in [-0.3, -0.25) is 0 Å². The molecule has 0 saturated heterocycles. The quantitative estimate of drug-likeness (QED) is 0.915. The van der Waals surface area contributed by atoms with Gasteiger partial charge in [0.25, 0.3) is 0 Å². The van der Waals surface area contributed by atoms with E-state index in [0.717, 1.165) is 22.6 Å². The van der Waals surface area contributed by atoms with Gasteiger partial charge in [0.1, 0.15) is 11.9 Å². The topological polar surface area (TPSA) is 47.0 Å². The molecule has 1 aromatic heterocycles. The van der Waals surface area contributed by atoms with E-state index in [1.807, 2.05) is 51.2 Å². The van der Waals surface area contributed by atoms with Crippen LogP contribution >= 0.6 is 0 Å². The Labute approximate surface area is 113 Å². The van der Waals surface area contributed by atoms with Gasteiger partial charge >= 0.3 is 0 Å². The molecule has 2 rings (SSSR count). The molecule has 1 heterocycles. The van der Waals surface area contributed by atoms with Gasteiger partial charge in [-0.15, -0.1) is 0 Å². The van der Waals surface area contributed by atoms with Gasteiger partial charge in [-0.1, -0.05) is 30.3 Å². The Balaban J connectivity index is 2.47. The van der Waals surface area contributed by atoms with Gasteiger partial charge < -0.3 is 10.1 Å². The highest BCUT2D eigenvalue weighted by molar-refractivity contribution is 5.45. The first-order valence-electron chi connectivity index (χ1n) is 6.28. The van der Waals surface area contributed by atoms with Crippen LogP contribution in [0, 0.1) is 13.8 Å². The molecule has 1 unspecified atom stereocenters. The molecule has 2 aromatic rings. The predicted molar refractivity (Wildman–Crippen MR) is 76.3 cm³/mol. The summed E-state index contributed by atoms with van der Waals surface area (Å²) < 4.78 is 5.56. The fourth-order valence-corrected chi connectivity index (χ4v) is 2.03.